The molecule has 0 radical (unpaired) electrons. The SMILES string of the molecule is CCN(CC)c1cc(N/N=C/c2c[nH]c3cc(C(F)(F)F)ccc23)ncn1. The second kappa shape index (κ2) is 7.65. The van der Waals surface area contributed by atoms with Gasteiger partial charge in [-0.1, -0.05) is 6.07 Å². The second-order valence-electron chi connectivity index (χ2n) is 5.81. The summed E-state index contributed by atoms with van der Waals surface area (Å²) in [7, 11) is 0. The molecular formula is C18H19F3N6. The summed E-state index contributed by atoms with van der Waals surface area (Å²) in [6.45, 7) is 5.73. The maximum Gasteiger partial charge on any atom is 0.416 e. The monoisotopic (exact) mass is 376 g/mol. The van der Waals surface area contributed by atoms with Crippen LogP contribution in [0.1, 0.15) is 25.0 Å². The maximum absolute atomic E-state index is 12.8. The molecule has 0 aliphatic heterocycles. The molecule has 0 bridgehead atoms. The number of halogens is 3. The molecule has 9 heteroatoms. The van der Waals surface area contributed by atoms with Crippen LogP contribution in [0.4, 0.5) is 24.8 Å². The molecule has 0 spiro atoms. The van der Waals surface area contributed by atoms with E-state index in [-0.39, 0.29) is 0 Å². The van der Waals surface area contributed by atoms with E-state index < -0.39 is 11.7 Å². The van der Waals surface area contributed by atoms with E-state index in [2.05, 4.69) is 30.4 Å². The van der Waals surface area contributed by atoms with Crippen LogP contribution in [-0.2, 0) is 6.18 Å². The van der Waals surface area contributed by atoms with Crippen LogP contribution in [-0.4, -0.2) is 34.3 Å². The average molecular weight is 376 g/mol. The summed E-state index contributed by atoms with van der Waals surface area (Å²) < 4.78 is 38.4. The quantitative estimate of drug-likeness (QED) is 0.498. The number of aromatic nitrogens is 3. The van der Waals surface area contributed by atoms with Crippen molar-refractivity contribution < 1.29 is 13.2 Å². The zero-order chi connectivity index (χ0) is 19.4. The molecule has 2 N–H and O–H groups in total. The fourth-order valence-electron chi connectivity index (χ4n) is 2.73. The number of hydrazone groups is 1. The number of hydrogen-bond acceptors (Lipinski definition) is 5. The number of nitrogens with zero attached hydrogens (tertiary/aromatic N) is 4. The lowest BCUT2D eigenvalue weighted by Gasteiger charge is -2.19. The Kier molecular flexibility index (Phi) is 5.29. The molecule has 1 aromatic carbocycles. The summed E-state index contributed by atoms with van der Waals surface area (Å²) in [6.07, 6.45) is 0.225. The number of alkyl halides is 3. The van der Waals surface area contributed by atoms with Gasteiger partial charge in [-0.25, -0.2) is 9.97 Å². The van der Waals surface area contributed by atoms with Crippen LogP contribution in [0.2, 0.25) is 0 Å². The molecule has 2 heterocycles. The standard InChI is InChI=1S/C18H19F3N6/c1-3-27(4-2)17-8-16(23-11-24-17)26-25-10-12-9-22-15-7-13(18(19,20)21)5-6-14(12)15/h5-11,22H,3-4H2,1-2H3,(H,23,24,26)/b25-10+. The van der Waals surface area contributed by atoms with E-state index in [9.17, 15) is 13.2 Å². The van der Waals surface area contributed by atoms with Crippen LogP contribution in [0.25, 0.3) is 10.9 Å². The van der Waals surface area contributed by atoms with Crippen molar-refractivity contribution in [3.05, 3.63) is 47.9 Å². The third-order valence-electron chi connectivity index (χ3n) is 4.16. The van der Waals surface area contributed by atoms with E-state index in [0.717, 1.165) is 31.0 Å². The van der Waals surface area contributed by atoms with Gasteiger partial charge in [0.1, 0.15) is 12.1 Å². The molecular weight excluding hydrogens is 357 g/mol. The molecule has 3 aromatic rings. The number of aromatic amines is 1. The Labute approximate surface area is 154 Å². The molecule has 0 unspecified atom stereocenters. The number of anilines is 2. The normalized spacial score (nSPS) is 12.0. The van der Waals surface area contributed by atoms with Gasteiger partial charge < -0.3 is 9.88 Å². The molecule has 0 saturated heterocycles. The zero-order valence-corrected chi connectivity index (χ0v) is 14.9. The van der Waals surface area contributed by atoms with E-state index >= 15 is 0 Å². The molecule has 6 nitrogen and oxygen atoms in total. The average Bonchev–Trinajstić information content (AvgIpc) is 3.05. The highest BCUT2D eigenvalue weighted by atomic mass is 19.4. The number of fused-ring (bicyclic) bond motifs is 1. The van der Waals surface area contributed by atoms with Crippen LogP contribution in [0, 0.1) is 0 Å². The van der Waals surface area contributed by atoms with Crippen molar-refractivity contribution in [3.8, 4) is 0 Å². The predicted molar refractivity (Wildman–Crippen MR) is 100 cm³/mol. The first-order valence-electron chi connectivity index (χ1n) is 8.46. The first-order chi connectivity index (χ1) is 12.9. The minimum Gasteiger partial charge on any atom is -0.360 e. The van der Waals surface area contributed by atoms with Crippen LogP contribution >= 0.6 is 0 Å². The van der Waals surface area contributed by atoms with Crippen LogP contribution < -0.4 is 10.3 Å². The molecule has 0 saturated carbocycles. The van der Waals surface area contributed by atoms with E-state index in [4.69, 9.17) is 0 Å². The summed E-state index contributed by atoms with van der Waals surface area (Å²) in [5, 5.41) is 4.78. The summed E-state index contributed by atoms with van der Waals surface area (Å²) >= 11 is 0. The van der Waals surface area contributed by atoms with Crippen molar-refractivity contribution >= 4 is 28.8 Å². The Balaban J connectivity index is 1.76. The van der Waals surface area contributed by atoms with Gasteiger partial charge in [0, 0.05) is 41.8 Å². The lowest BCUT2D eigenvalue weighted by Crippen LogP contribution is -2.23. The molecule has 27 heavy (non-hydrogen) atoms. The van der Waals surface area contributed by atoms with Gasteiger partial charge in [0.25, 0.3) is 0 Å². The van der Waals surface area contributed by atoms with E-state index in [1.54, 1.807) is 12.3 Å². The maximum atomic E-state index is 12.8. The molecule has 2 aromatic heterocycles. The molecule has 0 atom stereocenters. The van der Waals surface area contributed by atoms with Crippen molar-refractivity contribution in [2.24, 2.45) is 5.10 Å². The minimum absolute atomic E-state index is 0.400. The van der Waals surface area contributed by atoms with Crippen molar-refractivity contribution in [2.75, 3.05) is 23.4 Å². The van der Waals surface area contributed by atoms with Crippen molar-refractivity contribution in [3.63, 3.8) is 0 Å². The number of rotatable bonds is 6. The Morgan fingerprint density at radius 1 is 1.19 bits per heavy atom. The molecule has 0 amide bonds. The highest BCUT2D eigenvalue weighted by molar-refractivity contribution is 5.99. The fraction of sp³-hybridized carbons (Fsp3) is 0.278. The number of benzene rings is 1. The largest absolute Gasteiger partial charge is 0.416 e. The molecule has 0 aliphatic carbocycles. The number of nitrogens with one attached hydrogen (secondary N) is 2. The van der Waals surface area contributed by atoms with Crippen molar-refractivity contribution in [1.29, 1.82) is 0 Å². The van der Waals surface area contributed by atoms with Gasteiger partial charge in [-0.05, 0) is 26.0 Å². The third-order valence-corrected chi connectivity index (χ3v) is 4.16. The lowest BCUT2D eigenvalue weighted by molar-refractivity contribution is -0.137. The second-order valence-corrected chi connectivity index (χ2v) is 5.81. The summed E-state index contributed by atoms with van der Waals surface area (Å²) in [4.78, 5) is 13.3. The lowest BCUT2D eigenvalue weighted by atomic mass is 10.1. The van der Waals surface area contributed by atoms with Crippen molar-refractivity contribution in [2.45, 2.75) is 20.0 Å². The van der Waals surface area contributed by atoms with E-state index in [1.807, 2.05) is 13.8 Å². The third kappa shape index (κ3) is 4.18. The van der Waals surface area contributed by atoms with E-state index in [0.29, 0.717) is 22.3 Å². The Morgan fingerprint density at radius 2 is 1.96 bits per heavy atom. The van der Waals surface area contributed by atoms with Gasteiger partial charge in [0.15, 0.2) is 5.82 Å². The topological polar surface area (TPSA) is 69.2 Å². The van der Waals surface area contributed by atoms with Gasteiger partial charge in [-0.3, -0.25) is 5.43 Å². The Morgan fingerprint density at radius 3 is 2.67 bits per heavy atom. The molecule has 0 aliphatic rings. The number of H-pyrrole nitrogens is 1. The van der Waals surface area contributed by atoms with Crippen LogP contribution in [0.15, 0.2) is 41.9 Å². The summed E-state index contributed by atoms with van der Waals surface area (Å²) in [5.74, 6) is 1.32. The first-order valence-corrected chi connectivity index (χ1v) is 8.46. The molecule has 3 rings (SSSR count). The number of hydrogen-bond donors (Lipinski definition) is 2. The van der Waals surface area contributed by atoms with Gasteiger partial charge in [0.05, 0.1) is 11.8 Å². The summed E-state index contributed by atoms with van der Waals surface area (Å²) in [5.41, 5.74) is 3.20. The highest BCUT2D eigenvalue weighted by Gasteiger charge is 2.30. The molecule has 0 fully saturated rings. The first kappa shape index (κ1) is 18.7. The van der Waals surface area contributed by atoms with E-state index in [1.165, 1.54) is 18.6 Å². The molecule has 142 valence electrons. The predicted octanol–water partition coefficient (Wildman–Crippen LogP) is 4.27. The van der Waals surface area contributed by atoms with Crippen molar-refractivity contribution in [1.82, 2.24) is 15.0 Å². The minimum atomic E-state index is -4.37. The zero-order valence-electron chi connectivity index (χ0n) is 14.9. The Hall–Kier alpha value is -3.10. The van der Waals surface area contributed by atoms with Gasteiger partial charge >= 0.3 is 6.18 Å². The van der Waals surface area contributed by atoms with Gasteiger partial charge in [0.2, 0.25) is 0 Å². The van der Waals surface area contributed by atoms with Gasteiger partial charge in [-0.2, -0.15) is 18.3 Å². The highest BCUT2D eigenvalue weighted by Crippen LogP contribution is 2.31. The fourth-order valence-corrected chi connectivity index (χ4v) is 2.73. The van der Waals surface area contributed by atoms with Crippen LogP contribution in [0.5, 0.6) is 0 Å². The Bertz CT molecular complexity index is 944. The van der Waals surface area contributed by atoms with Crippen LogP contribution in [0.3, 0.4) is 0 Å². The smallest absolute Gasteiger partial charge is 0.360 e. The summed E-state index contributed by atoms with van der Waals surface area (Å²) in [6, 6.07) is 5.36. The van der Waals surface area contributed by atoms with Gasteiger partial charge in [-0.15, -0.1) is 0 Å².